The van der Waals surface area contributed by atoms with Gasteiger partial charge in [0, 0.05) is 56.8 Å². The number of ether oxygens (including phenoxy) is 1. The number of hydrogen-bond acceptors (Lipinski definition) is 6. The van der Waals surface area contributed by atoms with Crippen LogP contribution in [0, 0.1) is 5.41 Å². The summed E-state index contributed by atoms with van der Waals surface area (Å²) in [5, 5.41) is 7.67. The third kappa shape index (κ3) is 3.84. The lowest BCUT2D eigenvalue weighted by Gasteiger charge is -2.43. The number of likely N-dealkylation sites (tertiary alicyclic amines) is 1. The summed E-state index contributed by atoms with van der Waals surface area (Å²) in [4.78, 5) is 40.3. The zero-order valence-electron chi connectivity index (χ0n) is 18.7. The molecule has 4 rings (SSSR count). The summed E-state index contributed by atoms with van der Waals surface area (Å²) in [5.74, 6) is -0.0278. The molecule has 2 aromatic heterocycles. The van der Waals surface area contributed by atoms with Gasteiger partial charge in [-0.2, -0.15) is 0 Å². The number of amides is 3. The van der Waals surface area contributed by atoms with E-state index in [-0.39, 0.29) is 24.6 Å². The van der Waals surface area contributed by atoms with Crippen molar-refractivity contribution in [1.82, 2.24) is 19.8 Å². The molecule has 4 heterocycles. The molecule has 0 saturated carbocycles. The fraction of sp³-hybridized carbons (Fsp3) is 0.435. The van der Waals surface area contributed by atoms with E-state index in [0.29, 0.717) is 54.8 Å². The number of carbonyl (C=O) groups is 2. The smallest absolute Gasteiger partial charge is 0.324 e. The number of rotatable bonds is 5. The molecule has 9 heteroatoms. The molecule has 0 unspecified atom stereocenters. The molecule has 0 aliphatic carbocycles. The second kappa shape index (κ2) is 9.04. The number of urea groups is 1. The third-order valence-corrected chi connectivity index (χ3v) is 6.16. The van der Waals surface area contributed by atoms with Gasteiger partial charge in [-0.05, 0) is 31.9 Å². The Bertz CT molecular complexity index is 1090. The number of aromatic nitrogens is 2. The molecule has 2 aliphatic rings. The number of nitrogens with zero attached hydrogens (tertiary/aromatic N) is 5. The van der Waals surface area contributed by atoms with E-state index in [1.54, 1.807) is 16.8 Å². The Hall–Kier alpha value is -3.33. The van der Waals surface area contributed by atoms with Crippen molar-refractivity contribution in [3.63, 3.8) is 0 Å². The van der Waals surface area contributed by atoms with Gasteiger partial charge in [0.1, 0.15) is 12.1 Å². The third-order valence-electron chi connectivity index (χ3n) is 6.16. The van der Waals surface area contributed by atoms with Crippen LogP contribution in [0.4, 0.5) is 10.5 Å². The number of fused-ring (bicyclic) bond motifs is 3. The molecule has 0 bridgehead atoms. The van der Waals surface area contributed by atoms with Crippen LogP contribution in [0.15, 0.2) is 24.4 Å². The second-order valence-corrected chi connectivity index (χ2v) is 8.14. The average Bonchev–Trinajstić information content (AvgIpc) is 2.81. The van der Waals surface area contributed by atoms with Gasteiger partial charge in [0.25, 0.3) is 0 Å². The van der Waals surface area contributed by atoms with Crippen LogP contribution in [-0.2, 0) is 16.1 Å². The Balaban J connectivity index is 1.75. The number of carbonyl (C=O) groups excluding carboxylic acids is 2. The van der Waals surface area contributed by atoms with Gasteiger partial charge in [-0.3, -0.25) is 14.7 Å². The molecule has 0 spiro atoms. The van der Waals surface area contributed by atoms with E-state index < -0.39 is 0 Å². The summed E-state index contributed by atoms with van der Waals surface area (Å²) in [6.07, 6.45) is 6.30. The molecule has 2 aliphatic heterocycles. The highest BCUT2D eigenvalue weighted by molar-refractivity contribution is 6.09. The van der Waals surface area contributed by atoms with Crippen molar-refractivity contribution in [3.05, 3.63) is 35.7 Å². The fourth-order valence-electron chi connectivity index (χ4n) is 4.47. The lowest BCUT2D eigenvalue weighted by Crippen LogP contribution is -2.54. The molecule has 1 N–H and O–H groups in total. The highest BCUT2D eigenvalue weighted by atomic mass is 16.5. The first-order valence-corrected chi connectivity index (χ1v) is 10.7. The van der Waals surface area contributed by atoms with Gasteiger partial charge in [0.15, 0.2) is 0 Å². The Morgan fingerprint density at radius 1 is 1.31 bits per heavy atom. The van der Waals surface area contributed by atoms with Crippen LogP contribution in [0.1, 0.15) is 31.0 Å². The summed E-state index contributed by atoms with van der Waals surface area (Å²) < 4.78 is 4.98. The number of allylic oxidation sites excluding steroid dienone is 2. The van der Waals surface area contributed by atoms with Crippen molar-refractivity contribution in [2.75, 3.05) is 38.8 Å². The first kappa shape index (κ1) is 21.9. The lowest BCUT2D eigenvalue weighted by molar-refractivity contribution is -0.136. The van der Waals surface area contributed by atoms with E-state index in [0.717, 1.165) is 11.3 Å². The van der Waals surface area contributed by atoms with E-state index >= 15 is 0 Å². The minimum absolute atomic E-state index is 0.0278. The van der Waals surface area contributed by atoms with Crippen LogP contribution < -0.4 is 4.90 Å². The predicted molar refractivity (Wildman–Crippen MR) is 123 cm³/mol. The first-order valence-electron chi connectivity index (χ1n) is 10.7. The van der Waals surface area contributed by atoms with Gasteiger partial charge in [-0.1, -0.05) is 6.08 Å². The standard InChI is InChI=1S/C23H28N6O3/c1-4-15(11-24)18-5-6-19-21(26-18)22-16(12-25-19)13-27(2)23(31)29(22)17-7-9-28(10-8-17)20(30)14-32-3/h4-6,11-12,17,24H,7-10,13-14H2,1-3H3/b15-4+,24-11?. The van der Waals surface area contributed by atoms with Crippen LogP contribution in [0.3, 0.4) is 0 Å². The predicted octanol–water partition coefficient (Wildman–Crippen LogP) is 2.69. The number of pyridine rings is 2. The van der Waals surface area contributed by atoms with Crippen molar-refractivity contribution in [3.8, 4) is 0 Å². The highest BCUT2D eigenvalue weighted by Gasteiger charge is 2.37. The van der Waals surface area contributed by atoms with Crippen LogP contribution in [0.5, 0.6) is 0 Å². The van der Waals surface area contributed by atoms with Crippen molar-refractivity contribution < 1.29 is 14.3 Å². The molecule has 168 valence electrons. The Labute approximate surface area is 187 Å². The van der Waals surface area contributed by atoms with Gasteiger partial charge in [-0.25, -0.2) is 9.78 Å². The minimum atomic E-state index is -0.0721. The van der Waals surface area contributed by atoms with Gasteiger partial charge in [-0.15, -0.1) is 0 Å². The topological polar surface area (TPSA) is 103 Å². The molecule has 32 heavy (non-hydrogen) atoms. The van der Waals surface area contributed by atoms with Crippen LogP contribution in [0.2, 0.25) is 0 Å². The molecule has 0 radical (unpaired) electrons. The van der Waals surface area contributed by atoms with Gasteiger partial charge in [0.05, 0.1) is 23.4 Å². The molecule has 2 aromatic rings. The average molecular weight is 437 g/mol. The van der Waals surface area contributed by atoms with Crippen LogP contribution in [-0.4, -0.2) is 77.8 Å². The lowest BCUT2D eigenvalue weighted by atomic mass is 9.99. The molecular formula is C23H28N6O3. The van der Waals surface area contributed by atoms with Gasteiger partial charge >= 0.3 is 6.03 Å². The number of piperidine rings is 1. The minimum Gasteiger partial charge on any atom is -0.375 e. The maximum absolute atomic E-state index is 13.3. The molecule has 0 aromatic carbocycles. The summed E-state index contributed by atoms with van der Waals surface area (Å²) in [6.45, 7) is 3.56. The molecule has 9 nitrogen and oxygen atoms in total. The largest absolute Gasteiger partial charge is 0.375 e. The molecule has 0 atom stereocenters. The Morgan fingerprint density at radius 3 is 2.72 bits per heavy atom. The summed E-state index contributed by atoms with van der Waals surface area (Å²) in [5.41, 5.74) is 4.50. The Kier molecular flexibility index (Phi) is 6.18. The van der Waals surface area contributed by atoms with Crippen molar-refractivity contribution in [2.24, 2.45) is 0 Å². The fourth-order valence-corrected chi connectivity index (χ4v) is 4.47. The number of methoxy groups -OCH3 is 1. The maximum Gasteiger partial charge on any atom is 0.324 e. The zero-order valence-corrected chi connectivity index (χ0v) is 18.7. The number of anilines is 1. The SMILES string of the molecule is C/C=C(\C=N)c1ccc2ncc3c(c2n1)N(C1CCN(C(=O)COC)CC1)C(=O)N(C)C3. The number of nitrogens with one attached hydrogen (secondary N) is 1. The van der Waals surface area contributed by atoms with Crippen molar-refractivity contribution in [2.45, 2.75) is 32.4 Å². The summed E-state index contributed by atoms with van der Waals surface area (Å²) in [6, 6.07) is 3.62. The van der Waals surface area contributed by atoms with E-state index in [1.807, 2.05) is 36.2 Å². The quantitative estimate of drug-likeness (QED) is 0.726. The van der Waals surface area contributed by atoms with E-state index in [2.05, 4.69) is 4.98 Å². The second-order valence-electron chi connectivity index (χ2n) is 8.14. The highest BCUT2D eigenvalue weighted by Crippen LogP contribution is 2.37. The monoisotopic (exact) mass is 436 g/mol. The van der Waals surface area contributed by atoms with Crippen LogP contribution >= 0.6 is 0 Å². The zero-order chi connectivity index (χ0) is 22.8. The normalized spacial score (nSPS) is 17.7. The summed E-state index contributed by atoms with van der Waals surface area (Å²) >= 11 is 0. The van der Waals surface area contributed by atoms with Crippen LogP contribution in [0.25, 0.3) is 16.6 Å². The number of hydrogen-bond donors (Lipinski definition) is 1. The maximum atomic E-state index is 13.3. The van der Waals surface area contributed by atoms with E-state index in [9.17, 15) is 9.59 Å². The molecular weight excluding hydrogens is 408 g/mol. The first-order chi connectivity index (χ1) is 15.5. The van der Waals surface area contributed by atoms with Crippen molar-refractivity contribution in [1.29, 1.82) is 5.41 Å². The summed E-state index contributed by atoms with van der Waals surface area (Å²) in [7, 11) is 3.30. The van der Waals surface area contributed by atoms with E-state index in [4.69, 9.17) is 15.1 Å². The van der Waals surface area contributed by atoms with Gasteiger partial charge in [0.2, 0.25) is 5.91 Å². The molecule has 1 saturated heterocycles. The van der Waals surface area contributed by atoms with Crippen molar-refractivity contribution >= 4 is 40.4 Å². The van der Waals surface area contributed by atoms with Gasteiger partial charge < -0.3 is 19.9 Å². The molecule has 1 fully saturated rings. The Morgan fingerprint density at radius 2 is 2.06 bits per heavy atom. The molecule has 3 amide bonds. The van der Waals surface area contributed by atoms with E-state index in [1.165, 1.54) is 13.3 Å².